The number of pyridine rings is 1. The second-order valence-corrected chi connectivity index (χ2v) is 6.57. The number of carboxylic acids is 1. The molecule has 1 aromatic carbocycles. The van der Waals surface area contributed by atoms with E-state index in [1.807, 2.05) is 0 Å². The number of nitrogens with one attached hydrogen (secondary N) is 1. The van der Waals surface area contributed by atoms with Gasteiger partial charge in [0.25, 0.3) is 11.8 Å². The number of carboxylic acid groups (broad SMARTS) is 1. The number of fused-ring (bicyclic) bond motifs is 1. The SMILES string of the molecule is O=C1COc2cc(C(=O)N(Cc3ccc(C(=O)O)nc3)C3CC3)ccc2N1. The van der Waals surface area contributed by atoms with Gasteiger partial charge in [0, 0.05) is 24.3 Å². The highest BCUT2D eigenvalue weighted by Crippen LogP contribution is 2.33. The van der Waals surface area contributed by atoms with Crippen LogP contribution in [-0.2, 0) is 11.3 Å². The number of hydrogen-bond donors (Lipinski definition) is 2. The zero-order valence-electron chi connectivity index (χ0n) is 14.3. The van der Waals surface area contributed by atoms with Crippen molar-refractivity contribution < 1.29 is 24.2 Å². The van der Waals surface area contributed by atoms with Crippen molar-refractivity contribution in [3.05, 3.63) is 53.3 Å². The number of hydrogen-bond acceptors (Lipinski definition) is 5. The van der Waals surface area contributed by atoms with Crippen molar-refractivity contribution in [2.45, 2.75) is 25.4 Å². The van der Waals surface area contributed by atoms with E-state index < -0.39 is 5.97 Å². The molecule has 0 bridgehead atoms. The third-order valence-electron chi connectivity index (χ3n) is 4.51. The highest BCUT2D eigenvalue weighted by molar-refractivity contribution is 5.99. The predicted molar refractivity (Wildman–Crippen MR) is 94.7 cm³/mol. The fourth-order valence-electron chi connectivity index (χ4n) is 2.97. The lowest BCUT2D eigenvalue weighted by atomic mass is 10.1. The summed E-state index contributed by atoms with van der Waals surface area (Å²) in [6.45, 7) is 0.281. The number of aromatic nitrogens is 1. The van der Waals surface area contributed by atoms with Gasteiger partial charge in [-0.05, 0) is 42.7 Å². The number of amides is 2. The molecule has 2 aromatic rings. The van der Waals surface area contributed by atoms with Crippen molar-refractivity contribution in [3.8, 4) is 5.75 Å². The molecule has 1 aliphatic heterocycles. The first-order valence-electron chi connectivity index (χ1n) is 8.57. The van der Waals surface area contributed by atoms with E-state index in [1.54, 1.807) is 29.2 Å². The van der Waals surface area contributed by atoms with E-state index in [2.05, 4.69) is 10.3 Å². The normalized spacial score (nSPS) is 15.3. The number of benzene rings is 1. The number of aromatic carboxylic acids is 1. The van der Waals surface area contributed by atoms with E-state index in [1.165, 1.54) is 12.3 Å². The third-order valence-corrected chi connectivity index (χ3v) is 4.51. The van der Waals surface area contributed by atoms with Crippen LogP contribution in [0.4, 0.5) is 5.69 Å². The Morgan fingerprint density at radius 1 is 1.26 bits per heavy atom. The molecular weight excluding hydrogens is 350 g/mol. The van der Waals surface area contributed by atoms with Crippen LogP contribution in [0.2, 0.25) is 0 Å². The predicted octanol–water partition coefficient (Wildman–Crippen LogP) is 1.92. The second kappa shape index (κ2) is 6.71. The third kappa shape index (κ3) is 3.59. The van der Waals surface area contributed by atoms with Gasteiger partial charge in [-0.25, -0.2) is 9.78 Å². The summed E-state index contributed by atoms with van der Waals surface area (Å²) in [7, 11) is 0. The lowest BCUT2D eigenvalue weighted by molar-refractivity contribution is -0.118. The summed E-state index contributed by atoms with van der Waals surface area (Å²) in [5.41, 5.74) is 1.76. The maximum absolute atomic E-state index is 13.0. The number of rotatable bonds is 5. The molecule has 0 radical (unpaired) electrons. The van der Waals surface area contributed by atoms with Crippen LogP contribution < -0.4 is 10.1 Å². The molecule has 0 unspecified atom stereocenters. The molecule has 0 saturated heterocycles. The maximum Gasteiger partial charge on any atom is 0.354 e. The van der Waals surface area contributed by atoms with Gasteiger partial charge in [0.2, 0.25) is 0 Å². The Kier molecular flexibility index (Phi) is 4.23. The Labute approximate surface area is 154 Å². The molecule has 138 valence electrons. The Balaban J connectivity index is 1.54. The van der Waals surface area contributed by atoms with Crippen molar-refractivity contribution in [2.75, 3.05) is 11.9 Å². The number of carbonyl (C=O) groups is 3. The topological polar surface area (TPSA) is 109 Å². The van der Waals surface area contributed by atoms with E-state index in [-0.39, 0.29) is 30.2 Å². The zero-order valence-corrected chi connectivity index (χ0v) is 14.3. The van der Waals surface area contributed by atoms with Gasteiger partial charge in [0.15, 0.2) is 6.61 Å². The van der Waals surface area contributed by atoms with Crippen molar-refractivity contribution >= 4 is 23.5 Å². The van der Waals surface area contributed by atoms with Gasteiger partial charge in [-0.1, -0.05) is 6.07 Å². The standard InChI is InChI=1S/C19H17N3O5/c23-17-10-27-16-7-12(2-6-14(16)21-17)18(24)22(13-3-4-13)9-11-1-5-15(19(25)26)20-8-11/h1-2,5-8,13H,3-4,9-10H2,(H,21,23)(H,25,26). The summed E-state index contributed by atoms with van der Waals surface area (Å²) in [6.07, 6.45) is 3.35. The summed E-state index contributed by atoms with van der Waals surface area (Å²) >= 11 is 0. The van der Waals surface area contributed by atoms with Crippen molar-refractivity contribution in [3.63, 3.8) is 0 Å². The molecule has 2 N–H and O–H groups in total. The molecule has 27 heavy (non-hydrogen) atoms. The van der Waals surface area contributed by atoms with Crippen LogP contribution in [0.1, 0.15) is 39.3 Å². The van der Waals surface area contributed by atoms with Gasteiger partial charge in [-0.2, -0.15) is 0 Å². The summed E-state index contributed by atoms with van der Waals surface area (Å²) in [4.78, 5) is 41.0. The number of ether oxygens (including phenoxy) is 1. The summed E-state index contributed by atoms with van der Waals surface area (Å²) in [5.74, 6) is -0.969. The summed E-state index contributed by atoms with van der Waals surface area (Å²) < 4.78 is 5.39. The van der Waals surface area contributed by atoms with E-state index >= 15 is 0 Å². The first-order valence-corrected chi connectivity index (χ1v) is 8.57. The van der Waals surface area contributed by atoms with E-state index in [0.717, 1.165) is 18.4 Å². The van der Waals surface area contributed by atoms with Crippen molar-refractivity contribution in [1.29, 1.82) is 0 Å². The Bertz CT molecular complexity index is 921. The summed E-state index contributed by atoms with van der Waals surface area (Å²) in [6, 6.07) is 8.23. The molecule has 2 heterocycles. The monoisotopic (exact) mass is 367 g/mol. The van der Waals surface area contributed by atoms with Gasteiger partial charge in [-0.15, -0.1) is 0 Å². The number of anilines is 1. The zero-order chi connectivity index (χ0) is 19.0. The quantitative estimate of drug-likeness (QED) is 0.836. The lowest BCUT2D eigenvalue weighted by Crippen LogP contribution is -2.33. The summed E-state index contributed by atoms with van der Waals surface area (Å²) in [5, 5.41) is 11.6. The number of nitrogens with zero attached hydrogens (tertiary/aromatic N) is 2. The van der Waals surface area contributed by atoms with Gasteiger partial charge >= 0.3 is 5.97 Å². The van der Waals surface area contributed by atoms with Crippen LogP contribution in [0.5, 0.6) is 5.75 Å². The van der Waals surface area contributed by atoms with Crippen molar-refractivity contribution in [2.24, 2.45) is 0 Å². The van der Waals surface area contributed by atoms with Crippen LogP contribution in [0.15, 0.2) is 36.5 Å². The second-order valence-electron chi connectivity index (χ2n) is 6.57. The average molecular weight is 367 g/mol. The fourth-order valence-corrected chi connectivity index (χ4v) is 2.97. The van der Waals surface area contributed by atoms with Gasteiger partial charge in [-0.3, -0.25) is 9.59 Å². The molecule has 1 saturated carbocycles. The van der Waals surface area contributed by atoms with Gasteiger partial charge in [0.05, 0.1) is 5.69 Å². The van der Waals surface area contributed by atoms with Crippen molar-refractivity contribution in [1.82, 2.24) is 9.88 Å². The highest BCUT2D eigenvalue weighted by Gasteiger charge is 2.33. The highest BCUT2D eigenvalue weighted by atomic mass is 16.5. The lowest BCUT2D eigenvalue weighted by Gasteiger charge is -2.24. The molecule has 2 amide bonds. The smallest absolute Gasteiger partial charge is 0.354 e. The van der Waals surface area contributed by atoms with Crippen LogP contribution in [0.25, 0.3) is 0 Å². The van der Waals surface area contributed by atoms with Crippen LogP contribution in [0, 0.1) is 0 Å². The molecule has 1 fully saturated rings. The fraction of sp³-hybridized carbons (Fsp3) is 0.263. The van der Waals surface area contributed by atoms with Gasteiger partial charge in [0.1, 0.15) is 11.4 Å². The minimum atomic E-state index is -1.09. The molecule has 2 aliphatic rings. The molecule has 0 atom stereocenters. The Morgan fingerprint density at radius 3 is 2.74 bits per heavy atom. The molecule has 8 heteroatoms. The van der Waals surface area contributed by atoms with E-state index in [4.69, 9.17) is 9.84 Å². The molecule has 1 aliphatic carbocycles. The first kappa shape index (κ1) is 17.0. The van der Waals surface area contributed by atoms with Gasteiger partial charge < -0.3 is 20.1 Å². The van der Waals surface area contributed by atoms with Crippen LogP contribution in [-0.4, -0.2) is 45.4 Å². The van der Waals surface area contributed by atoms with Crippen LogP contribution >= 0.6 is 0 Å². The minimum Gasteiger partial charge on any atom is -0.482 e. The first-order chi connectivity index (χ1) is 13.0. The molecule has 0 spiro atoms. The molecular formula is C19H17N3O5. The number of carbonyl (C=O) groups excluding carboxylic acids is 2. The van der Waals surface area contributed by atoms with E-state index in [9.17, 15) is 14.4 Å². The van der Waals surface area contributed by atoms with E-state index in [0.29, 0.717) is 23.5 Å². The molecule has 1 aromatic heterocycles. The molecule has 8 nitrogen and oxygen atoms in total. The van der Waals surface area contributed by atoms with Crippen LogP contribution in [0.3, 0.4) is 0 Å². The minimum absolute atomic E-state index is 0.0306. The average Bonchev–Trinajstić information content (AvgIpc) is 3.50. The molecule has 4 rings (SSSR count). The Morgan fingerprint density at radius 2 is 2.07 bits per heavy atom. The largest absolute Gasteiger partial charge is 0.482 e. The maximum atomic E-state index is 13.0. The Hall–Kier alpha value is -3.42.